The van der Waals surface area contributed by atoms with Crippen LogP contribution in [0.4, 0.5) is 0 Å². The van der Waals surface area contributed by atoms with Crippen LogP contribution in [0.25, 0.3) is 0 Å². The summed E-state index contributed by atoms with van der Waals surface area (Å²) in [6, 6.07) is 11.1. The first-order chi connectivity index (χ1) is 12.0. The van der Waals surface area contributed by atoms with Gasteiger partial charge >= 0.3 is 0 Å². The Hall–Kier alpha value is -2.94. The molecule has 0 radical (unpaired) electrons. The van der Waals surface area contributed by atoms with Crippen LogP contribution in [-0.2, 0) is 16.1 Å². The van der Waals surface area contributed by atoms with E-state index in [1.54, 1.807) is 36.4 Å². The fourth-order valence-electron chi connectivity index (χ4n) is 1.83. The first-order valence-corrected chi connectivity index (χ1v) is 8.02. The Morgan fingerprint density at radius 1 is 0.960 bits per heavy atom. The van der Waals surface area contributed by atoms with Gasteiger partial charge < -0.3 is 9.88 Å². The third-order valence-corrected chi connectivity index (χ3v) is 3.60. The van der Waals surface area contributed by atoms with Crippen molar-refractivity contribution in [1.82, 2.24) is 20.7 Å². The summed E-state index contributed by atoms with van der Waals surface area (Å²) in [7, 11) is 0. The molecular weight excluding hydrogens is 392 g/mol. The molecular formula is C16H15BrN4O4. The smallest absolute Gasteiger partial charge is 0.258 e. The van der Waals surface area contributed by atoms with E-state index in [-0.39, 0.29) is 18.6 Å². The minimum absolute atomic E-state index is 0.231. The van der Waals surface area contributed by atoms with Crippen LogP contribution >= 0.6 is 15.9 Å². The normalized spacial score (nSPS) is 9.96. The average molecular weight is 407 g/mol. The number of aromatic nitrogens is 1. The van der Waals surface area contributed by atoms with Crippen molar-refractivity contribution in [1.29, 1.82) is 0 Å². The van der Waals surface area contributed by atoms with Gasteiger partial charge in [-0.3, -0.25) is 30.0 Å². The standard InChI is InChI=1S/C16H15BrN4O4/c17-12-6-4-11(5-7-12)16(25)18-9-13(22)19-20-14(23)10-21-8-2-1-3-15(21)24/h1-8H,9-10H2,(H,18,25)(H,19,22)(H,20,23). The zero-order chi connectivity index (χ0) is 18.2. The molecule has 2 rings (SSSR count). The molecule has 0 atom stereocenters. The second-order valence-corrected chi connectivity index (χ2v) is 5.87. The van der Waals surface area contributed by atoms with Gasteiger partial charge in [0, 0.05) is 22.3 Å². The van der Waals surface area contributed by atoms with Crippen molar-refractivity contribution in [3.8, 4) is 0 Å². The summed E-state index contributed by atoms with van der Waals surface area (Å²) in [5.41, 5.74) is 4.41. The number of halogens is 1. The summed E-state index contributed by atoms with van der Waals surface area (Å²) in [5.74, 6) is -1.58. The molecule has 0 saturated heterocycles. The van der Waals surface area contributed by atoms with Gasteiger partial charge in [0.2, 0.25) is 0 Å². The zero-order valence-electron chi connectivity index (χ0n) is 13.0. The number of hydrogen-bond donors (Lipinski definition) is 3. The van der Waals surface area contributed by atoms with E-state index in [4.69, 9.17) is 0 Å². The summed E-state index contributed by atoms with van der Waals surface area (Å²) < 4.78 is 2.03. The minimum atomic E-state index is -0.598. The summed E-state index contributed by atoms with van der Waals surface area (Å²) >= 11 is 3.26. The summed E-state index contributed by atoms with van der Waals surface area (Å²) in [4.78, 5) is 46.6. The van der Waals surface area contributed by atoms with Gasteiger partial charge in [-0.1, -0.05) is 22.0 Å². The molecule has 3 N–H and O–H groups in total. The van der Waals surface area contributed by atoms with Gasteiger partial charge in [0.05, 0.1) is 6.54 Å². The lowest BCUT2D eigenvalue weighted by Gasteiger charge is -2.09. The molecule has 8 nitrogen and oxygen atoms in total. The molecule has 0 unspecified atom stereocenters. The molecule has 1 aromatic carbocycles. The number of carbonyl (C=O) groups is 3. The quantitative estimate of drug-likeness (QED) is 0.615. The van der Waals surface area contributed by atoms with E-state index >= 15 is 0 Å². The highest BCUT2D eigenvalue weighted by atomic mass is 79.9. The van der Waals surface area contributed by atoms with Crippen LogP contribution < -0.4 is 21.7 Å². The van der Waals surface area contributed by atoms with Crippen LogP contribution in [0.2, 0.25) is 0 Å². The predicted octanol–water partition coefficient (Wildman–Crippen LogP) is 0.188. The molecule has 0 fully saturated rings. The lowest BCUT2D eigenvalue weighted by molar-refractivity contribution is -0.128. The molecule has 0 aliphatic carbocycles. The van der Waals surface area contributed by atoms with Crippen molar-refractivity contribution in [3.63, 3.8) is 0 Å². The van der Waals surface area contributed by atoms with Gasteiger partial charge in [-0.15, -0.1) is 0 Å². The Morgan fingerprint density at radius 3 is 2.32 bits per heavy atom. The van der Waals surface area contributed by atoms with Gasteiger partial charge in [-0.05, 0) is 30.3 Å². The summed E-state index contributed by atoms with van der Waals surface area (Å²) in [6.45, 7) is -0.536. The SMILES string of the molecule is O=C(CNC(=O)c1ccc(Br)cc1)NNC(=O)Cn1ccccc1=O. The number of benzene rings is 1. The van der Waals surface area contributed by atoms with Crippen molar-refractivity contribution in [3.05, 3.63) is 69.1 Å². The molecule has 0 spiro atoms. The fourth-order valence-corrected chi connectivity index (χ4v) is 2.10. The van der Waals surface area contributed by atoms with Crippen molar-refractivity contribution in [2.45, 2.75) is 6.54 Å². The predicted molar refractivity (Wildman–Crippen MR) is 93.5 cm³/mol. The van der Waals surface area contributed by atoms with Crippen LogP contribution in [0, 0.1) is 0 Å². The second-order valence-electron chi connectivity index (χ2n) is 4.95. The van der Waals surface area contributed by atoms with E-state index in [2.05, 4.69) is 32.1 Å². The molecule has 0 bridgehead atoms. The number of carbonyl (C=O) groups excluding carboxylic acids is 3. The van der Waals surface area contributed by atoms with Gasteiger partial charge in [0.25, 0.3) is 23.3 Å². The van der Waals surface area contributed by atoms with Crippen LogP contribution in [0.3, 0.4) is 0 Å². The highest BCUT2D eigenvalue weighted by Gasteiger charge is 2.09. The highest BCUT2D eigenvalue weighted by Crippen LogP contribution is 2.10. The fraction of sp³-hybridized carbons (Fsp3) is 0.125. The Balaban J connectivity index is 1.74. The van der Waals surface area contributed by atoms with E-state index in [9.17, 15) is 19.2 Å². The van der Waals surface area contributed by atoms with Gasteiger partial charge in [0.1, 0.15) is 6.54 Å². The lowest BCUT2D eigenvalue weighted by atomic mass is 10.2. The minimum Gasteiger partial charge on any atom is -0.343 e. The zero-order valence-corrected chi connectivity index (χ0v) is 14.6. The molecule has 130 valence electrons. The van der Waals surface area contributed by atoms with E-state index < -0.39 is 17.7 Å². The summed E-state index contributed by atoms with van der Waals surface area (Å²) in [6.07, 6.45) is 1.46. The van der Waals surface area contributed by atoms with Crippen LogP contribution in [0.15, 0.2) is 57.9 Å². The highest BCUT2D eigenvalue weighted by molar-refractivity contribution is 9.10. The van der Waals surface area contributed by atoms with Crippen molar-refractivity contribution >= 4 is 33.7 Å². The van der Waals surface area contributed by atoms with Crippen molar-refractivity contribution < 1.29 is 14.4 Å². The third kappa shape index (κ3) is 5.88. The van der Waals surface area contributed by atoms with Gasteiger partial charge in [0.15, 0.2) is 0 Å². The third-order valence-electron chi connectivity index (χ3n) is 3.07. The Morgan fingerprint density at radius 2 is 1.64 bits per heavy atom. The van der Waals surface area contributed by atoms with Crippen LogP contribution in [0.5, 0.6) is 0 Å². The Bertz CT molecular complexity index is 833. The number of nitrogens with one attached hydrogen (secondary N) is 3. The van der Waals surface area contributed by atoms with E-state index in [0.29, 0.717) is 5.56 Å². The van der Waals surface area contributed by atoms with Crippen molar-refractivity contribution in [2.75, 3.05) is 6.54 Å². The van der Waals surface area contributed by atoms with E-state index in [1.165, 1.54) is 16.8 Å². The first-order valence-electron chi connectivity index (χ1n) is 7.22. The molecule has 1 aromatic heterocycles. The maximum atomic E-state index is 11.8. The molecule has 1 heterocycles. The average Bonchev–Trinajstić information content (AvgIpc) is 2.60. The molecule has 0 aliphatic heterocycles. The maximum Gasteiger partial charge on any atom is 0.258 e. The first kappa shape index (κ1) is 18.4. The van der Waals surface area contributed by atoms with E-state index in [1.807, 2.05) is 0 Å². The maximum absolute atomic E-state index is 11.8. The number of rotatable bonds is 5. The molecule has 3 amide bonds. The number of hydrazine groups is 1. The second kappa shape index (κ2) is 8.78. The van der Waals surface area contributed by atoms with Gasteiger partial charge in [-0.2, -0.15) is 0 Å². The Labute approximate surface area is 151 Å². The summed E-state index contributed by atoms with van der Waals surface area (Å²) in [5, 5.41) is 2.43. The van der Waals surface area contributed by atoms with Crippen LogP contribution in [-0.4, -0.2) is 28.8 Å². The van der Waals surface area contributed by atoms with Crippen molar-refractivity contribution in [2.24, 2.45) is 0 Å². The number of hydrogen-bond acceptors (Lipinski definition) is 4. The number of pyridine rings is 1. The van der Waals surface area contributed by atoms with Crippen LogP contribution in [0.1, 0.15) is 10.4 Å². The molecule has 9 heteroatoms. The molecule has 0 saturated carbocycles. The lowest BCUT2D eigenvalue weighted by Crippen LogP contribution is -2.47. The number of amides is 3. The topological polar surface area (TPSA) is 109 Å². The Kier molecular flexibility index (Phi) is 6.47. The number of nitrogens with zero attached hydrogens (tertiary/aromatic N) is 1. The largest absolute Gasteiger partial charge is 0.343 e. The molecule has 25 heavy (non-hydrogen) atoms. The van der Waals surface area contributed by atoms with E-state index in [0.717, 1.165) is 4.47 Å². The van der Waals surface area contributed by atoms with Gasteiger partial charge in [-0.25, -0.2) is 0 Å². The molecule has 0 aliphatic rings. The monoisotopic (exact) mass is 406 g/mol. The molecule has 2 aromatic rings.